The molecule has 0 aliphatic rings. The standard InChI is InChI=1S/C7H4BrClN2.C7H5ClN2/c8-6-3-11-7-5(6)1-4(9)2-10-7;8-6-3-5-1-2-9-7(5)10-4-6/h1-3H,(H,10,11);1-4H,(H,9,10). The van der Waals surface area contributed by atoms with Crippen LogP contribution in [0, 0.1) is 0 Å². The molecule has 0 aliphatic heterocycles. The maximum atomic E-state index is 5.75. The van der Waals surface area contributed by atoms with Gasteiger partial charge in [0.25, 0.3) is 0 Å². The van der Waals surface area contributed by atoms with Gasteiger partial charge >= 0.3 is 0 Å². The van der Waals surface area contributed by atoms with E-state index < -0.39 is 0 Å². The number of halogens is 3. The highest BCUT2D eigenvalue weighted by Crippen LogP contribution is 2.24. The first-order chi connectivity index (χ1) is 10.1. The van der Waals surface area contributed by atoms with Crippen molar-refractivity contribution in [3.05, 3.63) is 57.5 Å². The molecule has 0 bridgehead atoms. The summed E-state index contributed by atoms with van der Waals surface area (Å²) >= 11 is 14.8. The van der Waals surface area contributed by atoms with Gasteiger partial charge in [0.2, 0.25) is 0 Å². The van der Waals surface area contributed by atoms with Gasteiger partial charge in [-0.1, -0.05) is 23.2 Å². The van der Waals surface area contributed by atoms with Gasteiger partial charge in [0, 0.05) is 40.0 Å². The van der Waals surface area contributed by atoms with E-state index in [0.717, 1.165) is 26.5 Å². The molecule has 4 heterocycles. The summed E-state index contributed by atoms with van der Waals surface area (Å²) in [5, 5.41) is 3.38. The lowest BCUT2D eigenvalue weighted by Crippen LogP contribution is -1.74. The van der Waals surface area contributed by atoms with Crippen LogP contribution in [0.5, 0.6) is 0 Å². The van der Waals surface area contributed by atoms with Crippen molar-refractivity contribution < 1.29 is 0 Å². The highest BCUT2D eigenvalue weighted by molar-refractivity contribution is 9.10. The van der Waals surface area contributed by atoms with Crippen LogP contribution in [0.2, 0.25) is 10.0 Å². The van der Waals surface area contributed by atoms with E-state index in [1.54, 1.807) is 12.4 Å². The minimum atomic E-state index is 0.651. The Kier molecular flexibility index (Phi) is 4.14. The highest BCUT2D eigenvalue weighted by atomic mass is 79.9. The molecule has 4 rings (SSSR count). The van der Waals surface area contributed by atoms with Gasteiger partial charge in [0.05, 0.1) is 10.0 Å². The quantitative estimate of drug-likeness (QED) is 0.438. The summed E-state index contributed by atoms with van der Waals surface area (Å²) in [7, 11) is 0. The first-order valence-electron chi connectivity index (χ1n) is 6.00. The molecule has 0 amide bonds. The summed E-state index contributed by atoms with van der Waals surface area (Å²) in [6.45, 7) is 0. The van der Waals surface area contributed by atoms with Gasteiger partial charge in [-0.3, -0.25) is 0 Å². The maximum absolute atomic E-state index is 5.75. The Balaban J connectivity index is 0.000000126. The summed E-state index contributed by atoms with van der Waals surface area (Å²) in [5.41, 5.74) is 1.73. The molecule has 0 aliphatic carbocycles. The first kappa shape index (κ1) is 14.4. The lowest BCUT2D eigenvalue weighted by atomic mass is 10.3. The van der Waals surface area contributed by atoms with Crippen LogP contribution in [0.1, 0.15) is 0 Å². The maximum Gasteiger partial charge on any atom is 0.138 e. The third-order valence-electron chi connectivity index (χ3n) is 2.81. The molecule has 106 valence electrons. The van der Waals surface area contributed by atoms with E-state index in [0.29, 0.717) is 10.0 Å². The fourth-order valence-electron chi connectivity index (χ4n) is 1.86. The van der Waals surface area contributed by atoms with E-state index in [9.17, 15) is 0 Å². The van der Waals surface area contributed by atoms with Crippen molar-refractivity contribution >= 4 is 61.2 Å². The molecule has 4 nitrogen and oxygen atoms in total. The molecule has 0 atom stereocenters. The van der Waals surface area contributed by atoms with E-state index in [1.165, 1.54) is 0 Å². The fourth-order valence-corrected chi connectivity index (χ4v) is 2.60. The molecule has 0 unspecified atom stereocenters. The summed E-state index contributed by atoms with van der Waals surface area (Å²) in [6, 6.07) is 5.68. The van der Waals surface area contributed by atoms with E-state index in [4.69, 9.17) is 23.2 Å². The topological polar surface area (TPSA) is 57.4 Å². The van der Waals surface area contributed by atoms with Gasteiger partial charge in [-0.05, 0) is 34.1 Å². The average Bonchev–Trinajstić information content (AvgIpc) is 3.06. The van der Waals surface area contributed by atoms with Crippen LogP contribution in [0.4, 0.5) is 0 Å². The van der Waals surface area contributed by atoms with Crippen molar-refractivity contribution in [2.45, 2.75) is 0 Å². The zero-order chi connectivity index (χ0) is 14.8. The number of nitrogens with zero attached hydrogens (tertiary/aromatic N) is 2. The Hall–Kier alpha value is -1.56. The molecule has 7 heteroatoms. The Morgan fingerprint density at radius 3 is 2.48 bits per heavy atom. The zero-order valence-electron chi connectivity index (χ0n) is 10.6. The van der Waals surface area contributed by atoms with Crippen molar-refractivity contribution in [1.82, 2.24) is 19.9 Å². The molecule has 2 N–H and O–H groups in total. The van der Waals surface area contributed by atoms with Gasteiger partial charge in [0.1, 0.15) is 11.3 Å². The Bertz CT molecular complexity index is 900. The van der Waals surface area contributed by atoms with Crippen LogP contribution in [-0.4, -0.2) is 19.9 Å². The van der Waals surface area contributed by atoms with Crippen molar-refractivity contribution in [1.29, 1.82) is 0 Å². The van der Waals surface area contributed by atoms with Crippen LogP contribution in [-0.2, 0) is 0 Å². The molecule has 21 heavy (non-hydrogen) atoms. The number of rotatable bonds is 0. The van der Waals surface area contributed by atoms with Crippen LogP contribution in [0.15, 0.2) is 47.5 Å². The minimum Gasteiger partial charge on any atom is -0.346 e. The fraction of sp³-hybridized carbons (Fsp3) is 0. The van der Waals surface area contributed by atoms with Crippen LogP contribution < -0.4 is 0 Å². The number of fused-ring (bicyclic) bond motifs is 2. The SMILES string of the molecule is Clc1cnc2[nH]cc(Br)c2c1.Clc1cnc2[nH]ccc2c1. The largest absolute Gasteiger partial charge is 0.346 e. The second-order valence-corrected chi connectivity index (χ2v) is 5.98. The van der Waals surface area contributed by atoms with E-state index in [2.05, 4.69) is 35.9 Å². The molecule has 0 radical (unpaired) electrons. The number of nitrogens with one attached hydrogen (secondary N) is 2. The van der Waals surface area contributed by atoms with Crippen molar-refractivity contribution in [2.24, 2.45) is 0 Å². The first-order valence-corrected chi connectivity index (χ1v) is 7.55. The summed E-state index contributed by atoms with van der Waals surface area (Å²) < 4.78 is 0.988. The summed E-state index contributed by atoms with van der Waals surface area (Å²) in [6.07, 6.45) is 6.93. The number of aromatic nitrogens is 4. The minimum absolute atomic E-state index is 0.651. The molecule has 4 aromatic heterocycles. The number of hydrogen-bond donors (Lipinski definition) is 2. The second kappa shape index (κ2) is 6.05. The van der Waals surface area contributed by atoms with Gasteiger partial charge < -0.3 is 9.97 Å². The van der Waals surface area contributed by atoms with Crippen LogP contribution in [0.25, 0.3) is 22.1 Å². The van der Waals surface area contributed by atoms with E-state index in [-0.39, 0.29) is 0 Å². The lowest BCUT2D eigenvalue weighted by molar-refractivity contribution is 1.32. The predicted molar refractivity (Wildman–Crippen MR) is 89.9 cm³/mol. The molecular formula is C14H9BrCl2N4. The molecule has 0 saturated heterocycles. The number of aromatic amines is 2. The van der Waals surface area contributed by atoms with Gasteiger partial charge in [-0.2, -0.15) is 0 Å². The van der Waals surface area contributed by atoms with Gasteiger partial charge in [0.15, 0.2) is 0 Å². The summed E-state index contributed by atoms with van der Waals surface area (Å²) in [4.78, 5) is 14.1. The molecular weight excluding hydrogens is 375 g/mol. The molecule has 0 aromatic carbocycles. The van der Waals surface area contributed by atoms with E-state index >= 15 is 0 Å². The second-order valence-electron chi connectivity index (χ2n) is 4.26. The normalized spacial score (nSPS) is 10.6. The molecule has 0 spiro atoms. The molecule has 0 fully saturated rings. The molecule has 0 saturated carbocycles. The van der Waals surface area contributed by atoms with Gasteiger partial charge in [-0.15, -0.1) is 0 Å². The number of pyridine rings is 2. The summed E-state index contributed by atoms with van der Waals surface area (Å²) in [5.74, 6) is 0. The Morgan fingerprint density at radius 2 is 1.67 bits per heavy atom. The van der Waals surface area contributed by atoms with Gasteiger partial charge in [-0.25, -0.2) is 9.97 Å². The van der Waals surface area contributed by atoms with Crippen LogP contribution >= 0.6 is 39.1 Å². The average molecular weight is 384 g/mol. The molecule has 4 aromatic rings. The smallest absolute Gasteiger partial charge is 0.138 e. The third kappa shape index (κ3) is 3.20. The van der Waals surface area contributed by atoms with Crippen LogP contribution in [0.3, 0.4) is 0 Å². The number of hydrogen-bond acceptors (Lipinski definition) is 2. The van der Waals surface area contributed by atoms with E-state index in [1.807, 2.05) is 30.6 Å². The Morgan fingerprint density at radius 1 is 0.952 bits per heavy atom. The Labute approximate surface area is 138 Å². The lowest BCUT2D eigenvalue weighted by Gasteiger charge is -1.89. The highest BCUT2D eigenvalue weighted by Gasteiger charge is 2.01. The number of H-pyrrole nitrogens is 2. The monoisotopic (exact) mass is 382 g/mol. The van der Waals surface area contributed by atoms with Crippen molar-refractivity contribution in [3.63, 3.8) is 0 Å². The third-order valence-corrected chi connectivity index (χ3v) is 3.88. The zero-order valence-corrected chi connectivity index (χ0v) is 13.7. The van der Waals surface area contributed by atoms with Crippen molar-refractivity contribution in [3.8, 4) is 0 Å². The predicted octanol–water partition coefficient (Wildman–Crippen LogP) is 5.20. The van der Waals surface area contributed by atoms with Crippen molar-refractivity contribution in [2.75, 3.05) is 0 Å².